The molecule has 1 aromatic carbocycles. The highest BCUT2D eigenvalue weighted by molar-refractivity contribution is 5.89. The fraction of sp³-hybridized carbons (Fsp3) is 0.333. The Bertz CT molecular complexity index is 1230. The molecule has 4 heterocycles. The molecule has 0 saturated carbocycles. The van der Waals surface area contributed by atoms with Gasteiger partial charge in [0.25, 0.3) is 12.0 Å². The topological polar surface area (TPSA) is 87.1 Å². The van der Waals surface area contributed by atoms with Gasteiger partial charge >= 0.3 is 0 Å². The van der Waals surface area contributed by atoms with Crippen LogP contribution in [-0.2, 0) is 4.79 Å². The number of piperidine rings is 1. The third kappa shape index (κ3) is 2.74. The Morgan fingerprint density at radius 3 is 2.73 bits per heavy atom. The molecule has 2 aliphatic heterocycles. The second-order valence-corrected chi connectivity index (χ2v) is 7.23. The summed E-state index contributed by atoms with van der Waals surface area (Å²) in [5.74, 6) is -2.04. The maximum absolute atomic E-state index is 14.2. The summed E-state index contributed by atoms with van der Waals surface area (Å²) in [5, 5.41) is 4.07. The lowest BCUT2D eigenvalue weighted by atomic mass is 9.87. The number of piperazine rings is 1. The smallest absolute Gasteiger partial charge is 0.263 e. The van der Waals surface area contributed by atoms with Gasteiger partial charge in [-0.25, -0.2) is 22.2 Å². The van der Waals surface area contributed by atoms with Crippen molar-refractivity contribution in [3.63, 3.8) is 0 Å². The first-order valence-electron chi connectivity index (χ1n) is 9.12. The number of hydrogen-bond acceptors (Lipinski definition) is 5. The summed E-state index contributed by atoms with van der Waals surface area (Å²) < 4.78 is 53.9. The van der Waals surface area contributed by atoms with Crippen molar-refractivity contribution in [3.8, 4) is 5.69 Å². The molecule has 8 nitrogen and oxygen atoms in total. The van der Waals surface area contributed by atoms with Crippen molar-refractivity contribution in [2.24, 2.45) is 0 Å². The van der Waals surface area contributed by atoms with E-state index in [9.17, 15) is 27.2 Å². The Balaban J connectivity index is 1.55. The number of nitrogens with one attached hydrogen (secondary N) is 1. The minimum Gasteiger partial charge on any atom is -0.333 e. The number of rotatable bonds is 4. The molecule has 156 valence electrons. The molecule has 2 fully saturated rings. The van der Waals surface area contributed by atoms with Crippen molar-refractivity contribution < 1.29 is 22.4 Å². The fourth-order valence-electron chi connectivity index (χ4n) is 4.05. The first-order chi connectivity index (χ1) is 14.3. The van der Waals surface area contributed by atoms with Crippen LogP contribution in [0.3, 0.4) is 0 Å². The molecular weight excluding hydrogens is 408 g/mol. The monoisotopic (exact) mass is 422 g/mol. The van der Waals surface area contributed by atoms with Crippen molar-refractivity contribution in [1.82, 2.24) is 24.6 Å². The number of anilines is 1. The maximum Gasteiger partial charge on any atom is 0.263 e. The van der Waals surface area contributed by atoms with Crippen LogP contribution in [0.4, 0.5) is 23.5 Å². The number of carbonyl (C=O) groups is 1. The van der Waals surface area contributed by atoms with E-state index in [1.807, 2.05) is 0 Å². The Labute approximate surface area is 165 Å². The van der Waals surface area contributed by atoms with Gasteiger partial charge in [-0.2, -0.15) is 10.1 Å². The first kappa shape index (κ1) is 18.6. The summed E-state index contributed by atoms with van der Waals surface area (Å²) in [6.07, 6.45) is -0.957. The Kier molecular flexibility index (Phi) is 4.05. The Morgan fingerprint density at radius 2 is 2.03 bits per heavy atom. The van der Waals surface area contributed by atoms with E-state index in [1.54, 1.807) is 4.90 Å². The minimum atomic E-state index is -2.63. The zero-order valence-electron chi connectivity index (χ0n) is 15.2. The number of hydrogen-bond donors (Lipinski definition) is 1. The Morgan fingerprint density at radius 1 is 1.23 bits per heavy atom. The van der Waals surface area contributed by atoms with Crippen LogP contribution in [0.25, 0.3) is 16.7 Å². The lowest BCUT2D eigenvalue weighted by molar-refractivity contribution is -0.142. The molecule has 2 atom stereocenters. The number of nitrogens with zero attached hydrogens (tertiary/aromatic N) is 5. The van der Waals surface area contributed by atoms with Crippen LogP contribution in [0.15, 0.2) is 29.2 Å². The lowest BCUT2D eigenvalue weighted by Gasteiger charge is -2.55. The van der Waals surface area contributed by atoms with Crippen LogP contribution < -0.4 is 10.5 Å². The van der Waals surface area contributed by atoms with Crippen molar-refractivity contribution in [3.05, 3.63) is 46.4 Å². The third-order valence-electron chi connectivity index (χ3n) is 5.42. The third-order valence-corrected chi connectivity index (χ3v) is 5.42. The van der Waals surface area contributed by atoms with Gasteiger partial charge in [-0.15, -0.1) is 0 Å². The van der Waals surface area contributed by atoms with Crippen LogP contribution in [0, 0.1) is 11.6 Å². The van der Waals surface area contributed by atoms with Crippen molar-refractivity contribution >= 4 is 22.9 Å². The summed E-state index contributed by atoms with van der Waals surface area (Å²) in [4.78, 5) is 34.6. The van der Waals surface area contributed by atoms with E-state index in [4.69, 9.17) is 0 Å². The molecule has 12 heteroatoms. The van der Waals surface area contributed by atoms with E-state index in [2.05, 4.69) is 15.1 Å². The average molecular weight is 422 g/mol. The van der Waals surface area contributed by atoms with Crippen LogP contribution in [-0.4, -0.2) is 62.2 Å². The number of amides is 1. The highest BCUT2D eigenvalue weighted by Gasteiger charge is 2.51. The van der Waals surface area contributed by atoms with Gasteiger partial charge in [0, 0.05) is 12.6 Å². The molecule has 30 heavy (non-hydrogen) atoms. The molecule has 0 radical (unpaired) electrons. The zero-order valence-corrected chi connectivity index (χ0v) is 15.2. The number of alkyl halides is 2. The molecule has 1 amide bonds. The molecule has 0 spiro atoms. The molecule has 2 aromatic heterocycles. The second-order valence-electron chi connectivity index (χ2n) is 7.23. The second kappa shape index (κ2) is 6.54. The van der Waals surface area contributed by atoms with E-state index < -0.39 is 42.1 Å². The summed E-state index contributed by atoms with van der Waals surface area (Å²) in [6, 6.07) is 1.93. The predicted molar refractivity (Wildman–Crippen MR) is 96.7 cm³/mol. The quantitative estimate of drug-likeness (QED) is 0.643. The van der Waals surface area contributed by atoms with Gasteiger partial charge in [-0.1, -0.05) is 0 Å². The zero-order chi connectivity index (χ0) is 21.2. The van der Waals surface area contributed by atoms with Gasteiger partial charge in [-0.05, 0) is 18.6 Å². The summed E-state index contributed by atoms with van der Waals surface area (Å²) >= 11 is 0. The van der Waals surface area contributed by atoms with Crippen LogP contribution in [0.2, 0.25) is 0 Å². The van der Waals surface area contributed by atoms with Crippen molar-refractivity contribution in [1.29, 1.82) is 0 Å². The van der Waals surface area contributed by atoms with E-state index in [-0.39, 0.29) is 35.3 Å². The van der Waals surface area contributed by atoms with Crippen LogP contribution in [0.1, 0.15) is 6.42 Å². The highest BCUT2D eigenvalue weighted by atomic mass is 19.3. The Hall–Kier alpha value is -3.44. The standard InChI is InChI=1S/C18H14F4N6O2/c19-8-1-2-12(11(20)3-8)28-15-10(5-23-28)16(29)25-18(24-15)27-9-4-13(27)17(30)26(6-9)7-14(21)22/h1-3,5,9,13-14H,4,6-7H2,(H,24,25,29). The molecule has 2 aliphatic rings. The minimum absolute atomic E-state index is 0.0288. The fourth-order valence-corrected chi connectivity index (χ4v) is 4.05. The van der Waals surface area contributed by atoms with Gasteiger partial charge < -0.3 is 9.80 Å². The van der Waals surface area contributed by atoms with Gasteiger partial charge in [0.15, 0.2) is 11.5 Å². The summed E-state index contributed by atoms with van der Waals surface area (Å²) in [7, 11) is 0. The number of carbonyl (C=O) groups excluding carboxylic acids is 1. The van der Waals surface area contributed by atoms with E-state index in [0.717, 1.165) is 15.6 Å². The molecule has 1 N–H and O–H groups in total. The number of aromatic amines is 1. The summed E-state index contributed by atoms with van der Waals surface area (Å²) in [5.41, 5.74) is -0.620. The molecule has 2 bridgehead atoms. The predicted octanol–water partition coefficient (Wildman–Crippen LogP) is 1.44. The van der Waals surface area contributed by atoms with E-state index in [1.165, 1.54) is 12.3 Å². The molecule has 5 rings (SSSR count). The lowest BCUT2D eigenvalue weighted by Crippen LogP contribution is -2.72. The number of halogens is 4. The van der Waals surface area contributed by atoms with Crippen LogP contribution >= 0.6 is 0 Å². The SMILES string of the molecule is O=C1C2CC(CN1CC(F)F)N2c1nc2c(cnn2-c2ccc(F)cc2F)c(=O)[nH]1. The number of aromatic nitrogens is 4. The summed E-state index contributed by atoms with van der Waals surface area (Å²) in [6.45, 7) is -0.549. The normalized spacial score (nSPS) is 20.9. The van der Waals surface area contributed by atoms with Crippen molar-refractivity contribution in [2.45, 2.75) is 24.9 Å². The van der Waals surface area contributed by atoms with Gasteiger partial charge in [0.05, 0.1) is 18.8 Å². The molecule has 2 saturated heterocycles. The largest absolute Gasteiger partial charge is 0.333 e. The van der Waals surface area contributed by atoms with E-state index in [0.29, 0.717) is 12.5 Å². The highest BCUT2D eigenvalue weighted by Crippen LogP contribution is 2.36. The van der Waals surface area contributed by atoms with Crippen LogP contribution in [0.5, 0.6) is 0 Å². The maximum atomic E-state index is 14.2. The number of H-pyrrole nitrogens is 1. The van der Waals surface area contributed by atoms with Crippen molar-refractivity contribution in [2.75, 3.05) is 18.0 Å². The first-order valence-corrected chi connectivity index (χ1v) is 9.12. The van der Waals surface area contributed by atoms with Gasteiger partial charge in [0.1, 0.15) is 22.9 Å². The average Bonchev–Trinajstić information content (AvgIpc) is 3.07. The van der Waals surface area contributed by atoms with E-state index >= 15 is 0 Å². The van der Waals surface area contributed by atoms with Gasteiger partial charge in [-0.3, -0.25) is 14.6 Å². The molecular formula is C18H14F4N6O2. The van der Waals surface area contributed by atoms with Gasteiger partial charge in [0.2, 0.25) is 11.9 Å². The molecule has 0 aliphatic carbocycles. The number of benzene rings is 1. The molecule has 2 unspecified atom stereocenters. The number of likely N-dealkylation sites (tertiary alicyclic amines) is 1. The molecule has 3 aromatic rings. The number of fused-ring (bicyclic) bond motifs is 3.